The molecule has 1 aromatic heterocycles. The molecule has 2 rings (SSSR count). The third-order valence-electron chi connectivity index (χ3n) is 2.81. The van der Waals surface area contributed by atoms with E-state index in [4.69, 9.17) is 4.74 Å². The Morgan fingerprint density at radius 2 is 2.41 bits per heavy atom. The molecule has 1 fully saturated rings. The molecule has 1 amide bonds. The first-order valence-corrected chi connectivity index (χ1v) is 6.40. The van der Waals surface area contributed by atoms with Gasteiger partial charge in [-0.25, -0.2) is 4.98 Å². The fraction of sp³-hybridized carbons (Fsp3) is 0.500. The third kappa shape index (κ3) is 3.26. The van der Waals surface area contributed by atoms with Crippen LogP contribution in [0.2, 0.25) is 0 Å². The van der Waals surface area contributed by atoms with E-state index in [1.807, 2.05) is 13.0 Å². The zero-order valence-corrected chi connectivity index (χ0v) is 11.3. The maximum atomic E-state index is 12.0. The predicted molar refractivity (Wildman–Crippen MR) is 67.9 cm³/mol. The Morgan fingerprint density at radius 3 is 3.00 bits per heavy atom. The van der Waals surface area contributed by atoms with Crippen LogP contribution in [0.5, 0.6) is 0 Å². The smallest absolute Gasteiger partial charge is 0.270 e. The van der Waals surface area contributed by atoms with Crippen LogP contribution in [0.25, 0.3) is 0 Å². The normalized spacial score (nSPS) is 24.4. The van der Waals surface area contributed by atoms with Gasteiger partial charge in [-0.3, -0.25) is 4.79 Å². The monoisotopic (exact) mass is 298 g/mol. The number of rotatable bonds is 2. The Morgan fingerprint density at radius 1 is 1.59 bits per heavy atom. The van der Waals surface area contributed by atoms with E-state index in [2.05, 4.69) is 26.2 Å². The molecule has 5 heteroatoms. The second-order valence-corrected chi connectivity index (χ2v) is 5.45. The summed E-state index contributed by atoms with van der Waals surface area (Å²) in [5.41, 5.74) is 0.157. The van der Waals surface area contributed by atoms with E-state index in [9.17, 15) is 4.79 Å². The van der Waals surface area contributed by atoms with Gasteiger partial charge in [0.2, 0.25) is 0 Å². The molecule has 1 saturated heterocycles. The van der Waals surface area contributed by atoms with E-state index in [0.717, 1.165) is 23.9 Å². The first-order chi connectivity index (χ1) is 8.09. The molecule has 17 heavy (non-hydrogen) atoms. The summed E-state index contributed by atoms with van der Waals surface area (Å²) in [6.45, 7) is 3.35. The molecule has 0 saturated carbocycles. The Kier molecular flexibility index (Phi) is 3.79. The van der Waals surface area contributed by atoms with Gasteiger partial charge in [-0.1, -0.05) is 0 Å². The molecular formula is C12H15BrN2O2. The predicted octanol–water partition coefficient (Wildman–Crippen LogP) is 2.14. The zero-order valence-electron chi connectivity index (χ0n) is 9.70. The summed E-state index contributed by atoms with van der Waals surface area (Å²) in [6, 6.07) is 3.51. The number of nitrogens with one attached hydrogen (secondary N) is 1. The lowest BCUT2D eigenvalue weighted by atomic mass is 9.95. The summed E-state index contributed by atoms with van der Waals surface area (Å²) in [7, 11) is 0. The van der Waals surface area contributed by atoms with E-state index in [1.165, 1.54) is 0 Å². The summed E-state index contributed by atoms with van der Waals surface area (Å²) in [5.74, 6) is -0.148. The molecule has 2 heterocycles. The minimum absolute atomic E-state index is 0.148. The molecule has 1 N–H and O–H groups in total. The summed E-state index contributed by atoms with van der Waals surface area (Å²) >= 11 is 3.29. The van der Waals surface area contributed by atoms with Gasteiger partial charge in [0, 0.05) is 17.3 Å². The van der Waals surface area contributed by atoms with E-state index in [0.29, 0.717) is 12.3 Å². The molecule has 1 aliphatic heterocycles. The Bertz CT molecular complexity index is 399. The van der Waals surface area contributed by atoms with Crippen molar-refractivity contribution in [2.24, 2.45) is 0 Å². The molecule has 0 bridgehead atoms. The number of nitrogens with zero attached hydrogens (tertiary/aromatic N) is 1. The van der Waals surface area contributed by atoms with Crippen molar-refractivity contribution in [3.8, 4) is 0 Å². The number of aromatic nitrogens is 1. The van der Waals surface area contributed by atoms with Crippen LogP contribution in [0.4, 0.5) is 0 Å². The van der Waals surface area contributed by atoms with Crippen LogP contribution in [-0.4, -0.2) is 29.6 Å². The number of pyridine rings is 1. The lowest BCUT2D eigenvalue weighted by Crippen LogP contribution is -2.51. The Labute approximate surface area is 109 Å². The van der Waals surface area contributed by atoms with Crippen LogP contribution < -0.4 is 5.32 Å². The highest BCUT2D eigenvalue weighted by Gasteiger charge is 2.29. The molecule has 0 radical (unpaired) electrons. The largest absolute Gasteiger partial charge is 0.379 e. The van der Waals surface area contributed by atoms with E-state index < -0.39 is 0 Å². The van der Waals surface area contributed by atoms with Crippen molar-refractivity contribution < 1.29 is 9.53 Å². The van der Waals surface area contributed by atoms with E-state index >= 15 is 0 Å². The molecule has 1 unspecified atom stereocenters. The van der Waals surface area contributed by atoms with Crippen molar-refractivity contribution in [2.75, 3.05) is 13.2 Å². The van der Waals surface area contributed by atoms with Gasteiger partial charge in [-0.2, -0.15) is 0 Å². The number of hydrogen-bond acceptors (Lipinski definition) is 3. The van der Waals surface area contributed by atoms with Crippen LogP contribution >= 0.6 is 15.9 Å². The fourth-order valence-electron chi connectivity index (χ4n) is 1.88. The Balaban J connectivity index is 2.03. The SMILES string of the molecule is CC1(NC(=O)c2ccc(Br)cn2)CCCOC1. The topological polar surface area (TPSA) is 51.2 Å². The first-order valence-electron chi connectivity index (χ1n) is 5.61. The average molecular weight is 299 g/mol. The van der Waals surface area contributed by atoms with Crippen LogP contribution in [0.15, 0.2) is 22.8 Å². The van der Waals surface area contributed by atoms with Gasteiger partial charge in [-0.05, 0) is 47.8 Å². The quantitative estimate of drug-likeness (QED) is 0.910. The summed E-state index contributed by atoms with van der Waals surface area (Å²) in [6.07, 6.45) is 3.54. The number of carbonyl (C=O) groups excluding carboxylic acids is 1. The van der Waals surface area contributed by atoms with Crippen molar-refractivity contribution in [1.29, 1.82) is 0 Å². The lowest BCUT2D eigenvalue weighted by molar-refractivity contribution is 0.0271. The zero-order chi connectivity index (χ0) is 12.3. The fourth-order valence-corrected chi connectivity index (χ4v) is 2.12. The molecule has 92 valence electrons. The molecule has 0 aliphatic carbocycles. The summed E-state index contributed by atoms with van der Waals surface area (Å²) in [5, 5.41) is 2.99. The van der Waals surface area contributed by atoms with Crippen molar-refractivity contribution in [1.82, 2.24) is 10.3 Å². The van der Waals surface area contributed by atoms with Crippen LogP contribution in [0.3, 0.4) is 0 Å². The highest BCUT2D eigenvalue weighted by molar-refractivity contribution is 9.10. The molecular weight excluding hydrogens is 284 g/mol. The second kappa shape index (κ2) is 5.14. The molecule has 0 aromatic carbocycles. The molecule has 0 spiro atoms. The standard InChI is InChI=1S/C12H15BrN2O2/c1-12(5-2-6-17-8-12)15-11(16)10-4-3-9(13)7-14-10/h3-4,7H,2,5-6,8H2,1H3,(H,15,16). The molecule has 1 aromatic rings. The average Bonchev–Trinajstić information content (AvgIpc) is 2.30. The highest BCUT2D eigenvalue weighted by atomic mass is 79.9. The summed E-state index contributed by atoms with van der Waals surface area (Å²) < 4.78 is 6.26. The number of hydrogen-bond donors (Lipinski definition) is 1. The third-order valence-corrected chi connectivity index (χ3v) is 3.28. The van der Waals surface area contributed by atoms with Crippen molar-refractivity contribution in [3.63, 3.8) is 0 Å². The maximum Gasteiger partial charge on any atom is 0.270 e. The van der Waals surface area contributed by atoms with Gasteiger partial charge in [0.05, 0.1) is 12.1 Å². The minimum Gasteiger partial charge on any atom is -0.379 e. The van der Waals surface area contributed by atoms with Gasteiger partial charge in [0.1, 0.15) is 5.69 Å². The van der Waals surface area contributed by atoms with Crippen LogP contribution in [0, 0.1) is 0 Å². The number of amides is 1. The lowest BCUT2D eigenvalue weighted by Gasteiger charge is -2.34. The molecule has 4 nitrogen and oxygen atoms in total. The van der Waals surface area contributed by atoms with Gasteiger partial charge in [0.25, 0.3) is 5.91 Å². The van der Waals surface area contributed by atoms with E-state index in [1.54, 1.807) is 12.3 Å². The van der Waals surface area contributed by atoms with Crippen molar-refractivity contribution in [3.05, 3.63) is 28.5 Å². The molecule has 1 atom stereocenters. The minimum atomic E-state index is -0.274. The van der Waals surface area contributed by atoms with Crippen molar-refractivity contribution in [2.45, 2.75) is 25.3 Å². The number of halogens is 1. The Hall–Kier alpha value is -0.940. The van der Waals surface area contributed by atoms with Crippen LogP contribution in [-0.2, 0) is 4.74 Å². The number of ether oxygens (including phenoxy) is 1. The van der Waals surface area contributed by atoms with Gasteiger partial charge in [0.15, 0.2) is 0 Å². The second-order valence-electron chi connectivity index (χ2n) is 4.53. The van der Waals surface area contributed by atoms with Crippen LogP contribution in [0.1, 0.15) is 30.3 Å². The molecule has 1 aliphatic rings. The van der Waals surface area contributed by atoms with Crippen molar-refractivity contribution >= 4 is 21.8 Å². The van der Waals surface area contributed by atoms with E-state index in [-0.39, 0.29) is 11.4 Å². The van der Waals surface area contributed by atoms with Gasteiger partial charge < -0.3 is 10.1 Å². The number of carbonyl (C=O) groups is 1. The highest BCUT2D eigenvalue weighted by Crippen LogP contribution is 2.18. The first kappa shape index (κ1) is 12.5. The summed E-state index contributed by atoms with van der Waals surface area (Å²) in [4.78, 5) is 16.1. The van der Waals surface area contributed by atoms with Gasteiger partial charge >= 0.3 is 0 Å². The maximum absolute atomic E-state index is 12.0. The van der Waals surface area contributed by atoms with Gasteiger partial charge in [-0.15, -0.1) is 0 Å².